The lowest BCUT2D eigenvalue weighted by atomic mass is 10.2. The molecule has 0 saturated carbocycles. The molecule has 7 nitrogen and oxygen atoms in total. The molecule has 6 rings (SSSR count). The average Bonchev–Trinajstić information content (AvgIpc) is 3.53. The van der Waals surface area contributed by atoms with Crippen molar-refractivity contribution < 1.29 is 18.0 Å². The number of aromatic nitrogens is 2. The van der Waals surface area contributed by atoms with Gasteiger partial charge in [-0.05, 0) is 30.8 Å². The minimum Gasteiger partial charge on any atom is -0.405 e. The fourth-order valence-corrected chi connectivity index (χ4v) is 17.2. The molecule has 0 unspecified atom stereocenters. The highest BCUT2D eigenvalue weighted by atomic mass is 28.4. The van der Waals surface area contributed by atoms with Gasteiger partial charge < -0.3 is 13.6 Å². The maximum absolute atomic E-state index is 13.9. The number of H-pyrrole nitrogens is 1. The second kappa shape index (κ2) is 15.0. The Hall–Kier alpha value is -4.20. The number of hydrogen-bond acceptors (Lipinski definition) is 5. The van der Waals surface area contributed by atoms with Crippen LogP contribution in [-0.2, 0) is 20.3 Å². The van der Waals surface area contributed by atoms with Crippen molar-refractivity contribution in [2.75, 3.05) is 6.61 Å². The van der Waals surface area contributed by atoms with E-state index in [1.165, 1.54) is 10.8 Å². The van der Waals surface area contributed by atoms with Gasteiger partial charge in [-0.2, -0.15) is 0 Å². The van der Waals surface area contributed by atoms with Crippen molar-refractivity contribution in [1.82, 2.24) is 9.55 Å². The summed E-state index contributed by atoms with van der Waals surface area (Å²) in [6.45, 7) is 12.5. The van der Waals surface area contributed by atoms with Crippen LogP contribution < -0.4 is 32.0 Å². The van der Waals surface area contributed by atoms with Crippen molar-refractivity contribution in [2.45, 2.75) is 83.2 Å². The third-order valence-corrected chi connectivity index (χ3v) is 20.4. The summed E-state index contributed by atoms with van der Waals surface area (Å²) in [5.74, 6) is 0. The Morgan fingerprint density at radius 2 is 1.13 bits per heavy atom. The normalized spacial score (nSPS) is 18.4. The van der Waals surface area contributed by atoms with Gasteiger partial charge >= 0.3 is 5.69 Å². The van der Waals surface area contributed by atoms with Crippen LogP contribution in [0.2, 0.25) is 10.1 Å². The second-order valence-corrected chi connectivity index (χ2v) is 24.2. The molecule has 1 aromatic heterocycles. The first-order valence-corrected chi connectivity index (χ1v) is 21.7. The molecular weight excluding hydrogens is 688 g/mol. The van der Waals surface area contributed by atoms with E-state index in [0.29, 0.717) is 0 Å². The number of nitrogens with one attached hydrogen (secondary N) is 1. The van der Waals surface area contributed by atoms with Gasteiger partial charge in [-0.25, -0.2) is 9.18 Å². The lowest BCUT2D eigenvalue weighted by molar-refractivity contribution is -0.0402. The Morgan fingerprint density at radius 1 is 0.712 bits per heavy atom. The Labute approximate surface area is 307 Å². The van der Waals surface area contributed by atoms with E-state index < -0.39 is 53.0 Å². The molecule has 1 N–H and O–H groups in total. The van der Waals surface area contributed by atoms with Crippen LogP contribution in [0, 0.1) is 0 Å². The van der Waals surface area contributed by atoms with E-state index >= 15 is 0 Å². The van der Waals surface area contributed by atoms with Crippen LogP contribution in [0.15, 0.2) is 137 Å². The van der Waals surface area contributed by atoms with Crippen LogP contribution in [0.1, 0.15) is 59.8 Å². The highest BCUT2D eigenvalue weighted by molar-refractivity contribution is 7.00. The molecule has 5 aromatic rings. The SMILES string of the molecule is CC(C)(C)[Si](OC[C@H]1O[C@@H](n2cc(CF)c(=O)[nH]c2=O)C[C@@H]1O[Si](c1ccccc1)(c1ccccc1)C(C)(C)C)(c1ccccc1)c1ccccc1. The molecule has 10 heteroatoms. The van der Waals surface area contributed by atoms with Gasteiger partial charge in [0.15, 0.2) is 0 Å². The largest absolute Gasteiger partial charge is 0.405 e. The number of nitrogens with zero attached hydrogens (tertiary/aromatic N) is 1. The topological polar surface area (TPSA) is 82.5 Å². The van der Waals surface area contributed by atoms with Crippen LogP contribution in [0.25, 0.3) is 0 Å². The van der Waals surface area contributed by atoms with Crippen LogP contribution in [0.5, 0.6) is 0 Å². The first-order valence-electron chi connectivity index (χ1n) is 17.9. The molecule has 1 aliphatic rings. The molecule has 1 aliphatic heterocycles. The minimum absolute atomic E-state index is 0.139. The summed E-state index contributed by atoms with van der Waals surface area (Å²) in [6, 6.07) is 41.6. The Morgan fingerprint density at radius 3 is 1.54 bits per heavy atom. The van der Waals surface area contributed by atoms with Crippen molar-refractivity contribution in [3.8, 4) is 0 Å². The van der Waals surface area contributed by atoms with E-state index in [9.17, 15) is 14.0 Å². The molecule has 4 aromatic carbocycles. The maximum Gasteiger partial charge on any atom is 0.330 e. The molecule has 0 amide bonds. The van der Waals surface area contributed by atoms with E-state index in [0.717, 1.165) is 20.7 Å². The van der Waals surface area contributed by atoms with Crippen molar-refractivity contribution in [3.05, 3.63) is 154 Å². The van der Waals surface area contributed by atoms with Gasteiger partial charge in [-0.1, -0.05) is 163 Å². The molecule has 0 radical (unpaired) electrons. The molecule has 52 heavy (non-hydrogen) atoms. The fourth-order valence-electron chi connectivity index (χ4n) is 7.87. The van der Waals surface area contributed by atoms with Crippen LogP contribution in [-0.4, -0.2) is 45.0 Å². The summed E-state index contributed by atoms with van der Waals surface area (Å²) in [5.41, 5.74) is -1.54. The quantitative estimate of drug-likeness (QED) is 0.173. The van der Waals surface area contributed by atoms with Crippen LogP contribution in [0.4, 0.5) is 4.39 Å². The number of alkyl halides is 1. The van der Waals surface area contributed by atoms with Gasteiger partial charge in [0.2, 0.25) is 0 Å². The number of hydrogen-bond donors (Lipinski definition) is 1. The zero-order valence-electron chi connectivity index (χ0n) is 30.8. The summed E-state index contributed by atoms with van der Waals surface area (Å²) in [4.78, 5) is 27.9. The molecule has 3 atom stereocenters. The summed E-state index contributed by atoms with van der Waals surface area (Å²) < 4.78 is 37.1. The van der Waals surface area contributed by atoms with Gasteiger partial charge in [0.25, 0.3) is 22.2 Å². The monoisotopic (exact) mass is 736 g/mol. The summed E-state index contributed by atoms with van der Waals surface area (Å²) in [5, 5.41) is 3.89. The molecule has 0 spiro atoms. The summed E-state index contributed by atoms with van der Waals surface area (Å²) in [7, 11) is -6.09. The Balaban J connectivity index is 1.50. The third-order valence-electron chi connectivity index (χ3n) is 10.3. The molecule has 2 heterocycles. The van der Waals surface area contributed by atoms with E-state index in [4.69, 9.17) is 13.6 Å². The number of aromatic amines is 1. The molecule has 1 saturated heterocycles. The molecular formula is C42H49FN2O5Si2. The van der Waals surface area contributed by atoms with Crippen molar-refractivity contribution in [1.29, 1.82) is 0 Å². The Bertz CT molecular complexity index is 1970. The predicted octanol–water partition coefficient (Wildman–Crippen LogP) is 5.82. The van der Waals surface area contributed by atoms with E-state index in [2.05, 4.69) is 119 Å². The fraction of sp³-hybridized carbons (Fsp3) is 0.333. The minimum atomic E-state index is -3.10. The lowest BCUT2D eigenvalue weighted by Crippen LogP contribution is -2.69. The highest BCUT2D eigenvalue weighted by Crippen LogP contribution is 2.42. The number of rotatable bonds is 11. The molecule has 1 fully saturated rings. The predicted molar refractivity (Wildman–Crippen MR) is 211 cm³/mol. The molecule has 0 aliphatic carbocycles. The molecule has 0 bridgehead atoms. The lowest BCUT2D eigenvalue weighted by Gasteiger charge is -2.46. The number of benzene rings is 4. The molecule has 272 valence electrons. The second-order valence-electron chi connectivity index (χ2n) is 15.6. The van der Waals surface area contributed by atoms with Crippen LogP contribution in [0.3, 0.4) is 0 Å². The zero-order chi connectivity index (χ0) is 37.1. The van der Waals surface area contributed by atoms with Crippen molar-refractivity contribution in [2.24, 2.45) is 0 Å². The number of halogens is 1. The van der Waals surface area contributed by atoms with Gasteiger partial charge in [-0.15, -0.1) is 0 Å². The first kappa shape index (κ1) is 37.6. The average molecular weight is 737 g/mol. The van der Waals surface area contributed by atoms with Gasteiger partial charge in [0, 0.05) is 12.6 Å². The van der Waals surface area contributed by atoms with Gasteiger partial charge in [0.1, 0.15) is 19.0 Å². The third kappa shape index (κ3) is 6.98. The van der Waals surface area contributed by atoms with Crippen molar-refractivity contribution >= 4 is 37.4 Å². The number of ether oxygens (including phenoxy) is 1. The van der Waals surface area contributed by atoms with Crippen molar-refractivity contribution in [3.63, 3.8) is 0 Å². The highest BCUT2D eigenvalue weighted by Gasteiger charge is 2.55. The van der Waals surface area contributed by atoms with Crippen LogP contribution >= 0.6 is 0 Å². The summed E-state index contributed by atoms with van der Waals surface area (Å²) in [6.07, 6.45) is -0.401. The van der Waals surface area contributed by atoms with E-state index in [1.54, 1.807) is 0 Å². The van der Waals surface area contributed by atoms with E-state index in [-0.39, 0.29) is 28.7 Å². The van der Waals surface area contributed by atoms with E-state index in [1.807, 2.05) is 48.5 Å². The maximum atomic E-state index is 13.9. The zero-order valence-corrected chi connectivity index (χ0v) is 32.8. The first-order chi connectivity index (χ1) is 24.8. The van der Waals surface area contributed by atoms with Gasteiger partial charge in [-0.3, -0.25) is 14.3 Å². The summed E-state index contributed by atoms with van der Waals surface area (Å²) >= 11 is 0. The van der Waals surface area contributed by atoms with Gasteiger partial charge in [0.05, 0.1) is 18.3 Å². The Kier molecular flexibility index (Phi) is 10.9. The smallest absolute Gasteiger partial charge is 0.330 e. The standard InChI is InChI=1S/C42H49FN2O5Si2/c1-41(2,3)51(32-19-11-7-12-20-32,33-21-13-8-14-22-33)48-30-37-36(27-38(49-37)45-29-31(28-43)39(46)44-40(45)47)50-52(42(4,5)6,34-23-15-9-16-24-34)35-25-17-10-18-26-35/h7-26,29,36-38H,27-28,30H2,1-6H3,(H,44,46,47)/t36-,37+,38+/m0/s1.